The Hall–Kier alpha value is -2.34. The summed E-state index contributed by atoms with van der Waals surface area (Å²) in [6.07, 6.45) is 0. The lowest BCUT2D eigenvalue weighted by Crippen LogP contribution is -2.11. The Bertz CT molecular complexity index is 826. The number of benzene rings is 2. The fourth-order valence-electron chi connectivity index (χ4n) is 1.98. The first kappa shape index (κ1) is 12.7. The summed E-state index contributed by atoms with van der Waals surface area (Å²) in [5, 5.41) is 0. The molecule has 0 unspecified atom stereocenters. The van der Waals surface area contributed by atoms with Crippen LogP contribution in [0.3, 0.4) is 0 Å². The fourth-order valence-corrected chi connectivity index (χ4v) is 2.38. The third kappa shape index (κ3) is 2.14. The van der Waals surface area contributed by atoms with E-state index in [2.05, 4.69) is 20.9 Å². The molecule has 0 spiro atoms. The van der Waals surface area contributed by atoms with E-state index >= 15 is 0 Å². The molecule has 0 radical (unpaired) electrons. The van der Waals surface area contributed by atoms with Crippen LogP contribution in [0.4, 0.5) is 5.69 Å². The molecule has 3 aromatic rings. The molecule has 0 bridgehead atoms. The number of oxazole rings is 1. The van der Waals surface area contributed by atoms with Crippen molar-refractivity contribution in [3.8, 4) is 11.5 Å². The molecule has 4 N–H and O–H groups in total. The number of fused-ring (bicyclic) bond motifs is 1. The first-order valence-electron chi connectivity index (χ1n) is 5.80. The summed E-state index contributed by atoms with van der Waals surface area (Å²) >= 11 is 3.39. The highest BCUT2D eigenvalue weighted by atomic mass is 79.9. The van der Waals surface area contributed by atoms with Gasteiger partial charge in [-0.1, -0.05) is 22.0 Å². The standard InChI is InChI=1S/C14H10BrN3O2/c15-8-3-1-2-7(4-8)14-18-11-6-9(16)5-10(13(17)19)12(11)20-14/h1-6H,16H2,(H2,17,19). The Morgan fingerprint density at radius 1 is 1.25 bits per heavy atom. The number of carbonyl (C=O) groups is 1. The third-order valence-electron chi connectivity index (χ3n) is 2.85. The van der Waals surface area contributed by atoms with E-state index in [0.29, 0.717) is 22.7 Å². The average molecular weight is 332 g/mol. The van der Waals surface area contributed by atoms with Gasteiger partial charge in [-0.3, -0.25) is 4.79 Å². The lowest BCUT2D eigenvalue weighted by atomic mass is 10.1. The molecule has 0 atom stereocenters. The van der Waals surface area contributed by atoms with Gasteiger partial charge in [0, 0.05) is 15.7 Å². The number of nitrogen functional groups attached to an aromatic ring is 1. The normalized spacial score (nSPS) is 10.8. The van der Waals surface area contributed by atoms with Gasteiger partial charge in [-0.15, -0.1) is 0 Å². The molecule has 100 valence electrons. The third-order valence-corrected chi connectivity index (χ3v) is 3.34. The Balaban J connectivity index is 2.25. The summed E-state index contributed by atoms with van der Waals surface area (Å²) < 4.78 is 6.58. The summed E-state index contributed by atoms with van der Waals surface area (Å²) in [5.41, 5.74) is 13.4. The molecule has 1 heterocycles. The van der Waals surface area contributed by atoms with Crippen LogP contribution in [0.25, 0.3) is 22.6 Å². The fraction of sp³-hybridized carbons (Fsp3) is 0. The zero-order chi connectivity index (χ0) is 14.3. The Kier molecular flexibility index (Phi) is 2.94. The van der Waals surface area contributed by atoms with Gasteiger partial charge in [-0.2, -0.15) is 0 Å². The van der Waals surface area contributed by atoms with E-state index in [9.17, 15) is 4.79 Å². The smallest absolute Gasteiger partial charge is 0.252 e. The van der Waals surface area contributed by atoms with Gasteiger partial charge in [0.15, 0.2) is 5.58 Å². The predicted molar refractivity (Wildman–Crippen MR) is 80.1 cm³/mol. The van der Waals surface area contributed by atoms with E-state index in [1.165, 1.54) is 6.07 Å². The van der Waals surface area contributed by atoms with Crippen LogP contribution in [-0.4, -0.2) is 10.9 Å². The van der Waals surface area contributed by atoms with Crippen LogP contribution in [0.1, 0.15) is 10.4 Å². The van der Waals surface area contributed by atoms with Crippen molar-refractivity contribution in [1.29, 1.82) is 0 Å². The summed E-state index contributed by atoms with van der Waals surface area (Å²) in [4.78, 5) is 15.8. The molecule has 5 nitrogen and oxygen atoms in total. The highest BCUT2D eigenvalue weighted by Gasteiger charge is 2.16. The number of nitrogens with zero attached hydrogens (tertiary/aromatic N) is 1. The Morgan fingerprint density at radius 3 is 2.75 bits per heavy atom. The van der Waals surface area contributed by atoms with Gasteiger partial charge < -0.3 is 15.9 Å². The maximum atomic E-state index is 11.4. The first-order valence-corrected chi connectivity index (χ1v) is 6.59. The summed E-state index contributed by atoms with van der Waals surface area (Å²) in [5.74, 6) is -0.186. The quantitative estimate of drug-likeness (QED) is 0.705. The molecule has 3 rings (SSSR count). The second-order valence-corrected chi connectivity index (χ2v) is 5.23. The molecular formula is C14H10BrN3O2. The number of hydrogen-bond donors (Lipinski definition) is 2. The average Bonchev–Trinajstić information content (AvgIpc) is 2.81. The van der Waals surface area contributed by atoms with Gasteiger partial charge in [0.1, 0.15) is 5.52 Å². The summed E-state index contributed by atoms with van der Waals surface area (Å²) in [7, 11) is 0. The SMILES string of the molecule is NC(=O)c1cc(N)cc2nc(-c3cccc(Br)c3)oc12. The predicted octanol–water partition coefficient (Wildman–Crippen LogP) is 2.94. The van der Waals surface area contributed by atoms with E-state index < -0.39 is 5.91 Å². The molecule has 20 heavy (non-hydrogen) atoms. The van der Waals surface area contributed by atoms with Crippen molar-refractivity contribution in [2.24, 2.45) is 5.73 Å². The van der Waals surface area contributed by atoms with E-state index in [4.69, 9.17) is 15.9 Å². The summed E-state index contributed by atoms with van der Waals surface area (Å²) in [6.45, 7) is 0. The Labute approximate surface area is 122 Å². The number of amides is 1. The lowest BCUT2D eigenvalue weighted by molar-refractivity contribution is 0.100. The Morgan fingerprint density at radius 2 is 2.05 bits per heavy atom. The lowest BCUT2D eigenvalue weighted by Gasteiger charge is -1.98. The van der Waals surface area contributed by atoms with Crippen molar-refractivity contribution >= 4 is 38.6 Å². The second kappa shape index (κ2) is 4.64. The van der Waals surface area contributed by atoms with Gasteiger partial charge >= 0.3 is 0 Å². The molecule has 1 aromatic heterocycles. The number of primary amides is 1. The van der Waals surface area contributed by atoms with Crippen molar-refractivity contribution in [1.82, 2.24) is 4.98 Å². The number of rotatable bonds is 2. The molecule has 1 amide bonds. The van der Waals surface area contributed by atoms with Crippen LogP contribution in [0.2, 0.25) is 0 Å². The number of nitrogens with two attached hydrogens (primary N) is 2. The molecule has 6 heteroatoms. The largest absolute Gasteiger partial charge is 0.435 e. The van der Waals surface area contributed by atoms with E-state index in [1.807, 2.05) is 24.3 Å². The van der Waals surface area contributed by atoms with Crippen LogP contribution in [0.15, 0.2) is 45.3 Å². The number of hydrogen-bond acceptors (Lipinski definition) is 4. The molecule has 0 aliphatic rings. The van der Waals surface area contributed by atoms with Crippen molar-refractivity contribution in [2.75, 3.05) is 5.73 Å². The number of halogens is 1. The first-order chi connectivity index (χ1) is 9.54. The maximum absolute atomic E-state index is 11.4. The molecule has 0 aliphatic heterocycles. The van der Waals surface area contributed by atoms with Crippen molar-refractivity contribution in [3.05, 3.63) is 46.4 Å². The highest BCUT2D eigenvalue weighted by molar-refractivity contribution is 9.10. The minimum Gasteiger partial charge on any atom is -0.435 e. The van der Waals surface area contributed by atoms with Gasteiger partial charge in [0.2, 0.25) is 5.89 Å². The molecule has 0 saturated carbocycles. The van der Waals surface area contributed by atoms with Crippen LogP contribution < -0.4 is 11.5 Å². The minimum absolute atomic E-state index is 0.230. The van der Waals surface area contributed by atoms with E-state index in [1.54, 1.807) is 6.07 Å². The molecule has 0 saturated heterocycles. The van der Waals surface area contributed by atoms with Crippen LogP contribution in [0, 0.1) is 0 Å². The zero-order valence-corrected chi connectivity index (χ0v) is 11.8. The highest BCUT2D eigenvalue weighted by Crippen LogP contribution is 2.29. The maximum Gasteiger partial charge on any atom is 0.252 e. The summed E-state index contributed by atoms with van der Waals surface area (Å²) in [6, 6.07) is 10.6. The van der Waals surface area contributed by atoms with E-state index in [-0.39, 0.29) is 5.56 Å². The zero-order valence-electron chi connectivity index (χ0n) is 10.3. The van der Waals surface area contributed by atoms with Crippen LogP contribution in [0.5, 0.6) is 0 Å². The van der Waals surface area contributed by atoms with Crippen molar-refractivity contribution in [3.63, 3.8) is 0 Å². The molecular weight excluding hydrogens is 322 g/mol. The topological polar surface area (TPSA) is 95.1 Å². The molecule has 2 aromatic carbocycles. The number of carbonyl (C=O) groups excluding carboxylic acids is 1. The number of anilines is 1. The number of aromatic nitrogens is 1. The monoisotopic (exact) mass is 331 g/mol. The molecule has 0 aliphatic carbocycles. The van der Waals surface area contributed by atoms with Crippen molar-refractivity contribution in [2.45, 2.75) is 0 Å². The van der Waals surface area contributed by atoms with Gasteiger partial charge in [0.05, 0.1) is 5.56 Å². The molecule has 0 fully saturated rings. The minimum atomic E-state index is -0.598. The van der Waals surface area contributed by atoms with Crippen LogP contribution >= 0.6 is 15.9 Å². The van der Waals surface area contributed by atoms with Gasteiger partial charge in [-0.05, 0) is 30.3 Å². The van der Waals surface area contributed by atoms with Gasteiger partial charge in [-0.25, -0.2) is 4.98 Å². The van der Waals surface area contributed by atoms with Crippen molar-refractivity contribution < 1.29 is 9.21 Å². The van der Waals surface area contributed by atoms with E-state index in [0.717, 1.165) is 10.0 Å². The van der Waals surface area contributed by atoms with Crippen LogP contribution in [-0.2, 0) is 0 Å². The van der Waals surface area contributed by atoms with Gasteiger partial charge in [0.25, 0.3) is 5.91 Å². The second-order valence-electron chi connectivity index (χ2n) is 4.31.